The number of hydrogen-bond donors (Lipinski definition) is 1. The number of methoxy groups -OCH3 is 1. The second kappa shape index (κ2) is 7.09. The van der Waals surface area contributed by atoms with Crippen molar-refractivity contribution in [1.82, 2.24) is 4.98 Å². The van der Waals surface area contributed by atoms with Crippen LogP contribution < -0.4 is 15.4 Å². The molecule has 21 heavy (non-hydrogen) atoms. The molecular weight excluding hydrogens is 262 g/mol. The number of pyridine rings is 1. The molecule has 4 heteroatoms. The SMILES string of the molecule is CCC(N)Cc1ccc(N(C)c2cccc(OC)c2)nc1. The molecule has 0 spiro atoms. The standard InChI is InChI=1S/C17H23N3O/c1-4-14(18)10-13-8-9-17(19-12-13)20(2)15-6-5-7-16(11-15)21-3/h5-9,11-12,14H,4,10,18H2,1-3H3. The third-order valence-electron chi connectivity index (χ3n) is 3.62. The molecule has 0 aliphatic heterocycles. The second-order valence-corrected chi connectivity index (χ2v) is 5.16. The highest BCUT2D eigenvalue weighted by molar-refractivity contribution is 5.60. The van der Waals surface area contributed by atoms with Crippen molar-refractivity contribution >= 4 is 11.5 Å². The van der Waals surface area contributed by atoms with E-state index in [0.29, 0.717) is 0 Å². The highest BCUT2D eigenvalue weighted by Crippen LogP contribution is 2.25. The lowest BCUT2D eigenvalue weighted by molar-refractivity contribution is 0.415. The lowest BCUT2D eigenvalue weighted by atomic mass is 10.1. The maximum absolute atomic E-state index is 5.97. The van der Waals surface area contributed by atoms with E-state index < -0.39 is 0 Å². The molecule has 0 aliphatic rings. The molecule has 1 heterocycles. The smallest absolute Gasteiger partial charge is 0.132 e. The van der Waals surface area contributed by atoms with E-state index >= 15 is 0 Å². The van der Waals surface area contributed by atoms with E-state index in [9.17, 15) is 0 Å². The molecule has 0 aliphatic carbocycles. The summed E-state index contributed by atoms with van der Waals surface area (Å²) < 4.78 is 5.26. The molecule has 2 N–H and O–H groups in total. The highest BCUT2D eigenvalue weighted by Gasteiger charge is 2.07. The minimum atomic E-state index is 0.203. The summed E-state index contributed by atoms with van der Waals surface area (Å²) in [5.41, 5.74) is 8.19. The maximum atomic E-state index is 5.97. The van der Waals surface area contributed by atoms with Crippen LogP contribution in [0.1, 0.15) is 18.9 Å². The first kappa shape index (κ1) is 15.3. The van der Waals surface area contributed by atoms with E-state index in [1.165, 1.54) is 5.56 Å². The Bertz CT molecular complexity index is 569. The lowest BCUT2D eigenvalue weighted by Crippen LogP contribution is -2.21. The van der Waals surface area contributed by atoms with Crippen LogP contribution in [0.3, 0.4) is 0 Å². The Labute approximate surface area is 126 Å². The normalized spacial score (nSPS) is 12.0. The molecular formula is C17H23N3O. The monoisotopic (exact) mass is 285 g/mol. The van der Waals surface area contributed by atoms with Gasteiger partial charge in [0.25, 0.3) is 0 Å². The lowest BCUT2D eigenvalue weighted by Gasteiger charge is -2.19. The number of ether oxygens (including phenoxy) is 1. The third-order valence-corrected chi connectivity index (χ3v) is 3.62. The average molecular weight is 285 g/mol. The molecule has 2 rings (SSSR count). The van der Waals surface area contributed by atoms with Gasteiger partial charge in [-0.05, 0) is 36.6 Å². The summed E-state index contributed by atoms with van der Waals surface area (Å²) >= 11 is 0. The molecule has 1 aromatic heterocycles. The number of aromatic nitrogens is 1. The van der Waals surface area contributed by atoms with Gasteiger partial charge in [-0.3, -0.25) is 0 Å². The van der Waals surface area contributed by atoms with Crippen LogP contribution in [0, 0.1) is 0 Å². The molecule has 2 aromatic rings. The van der Waals surface area contributed by atoms with E-state index in [-0.39, 0.29) is 6.04 Å². The zero-order valence-electron chi connectivity index (χ0n) is 12.9. The van der Waals surface area contributed by atoms with Gasteiger partial charge in [-0.2, -0.15) is 0 Å². The van der Waals surface area contributed by atoms with Crippen molar-refractivity contribution in [3.8, 4) is 5.75 Å². The van der Waals surface area contributed by atoms with Gasteiger partial charge in [-0.1, -0.05) is 19.1 Å². The third kappa shape index (κ3) is 3.95. The van der Waals surface area contributed by atoms with Crippen LogP contribution in [-0.2, 0) is 6.42 Å². The van der Waals surface area contributed by atoms with Crippen molar-refractivity contribution < 1.29 is 4.74 Å². The Morgan fingerprint density at radius 3 is 2.71 bits per heavy atom. The molecule has 1 unspecified atom stereocenters. The highest BCUT2D eigenvalue weighted by atomic mass is 16.5. The van der Waals surface area contributed by atoms with Crippen LogP contribution in [0.15, 0.2) is 42.6 Å². The molecule has 0 bridgehead atoms. The van der Waals surface area contributed by atoms with Crippen LogP contribution in [0.4, 0.5) is 11.5 Å². The van der Waals surface area contributed by atoms with Gasteiger partial charge in [0.2, 0.25) is 0 Å². The summed E-state index contributed by atoms with van der Waals surface area (Å²) in [7, 11) is 3.66. The summed E-state index contributed by atoms with van der Waals surface area (Å²) in [6.07, 6.45) is 3.75. The molecule has 112 valence electrons. The van der Waals surface area contributed by atoms with Crippen molar-refractivity contribution in [2.45, 2.75) is 25.8 Å². The molecule has 0 amide bonds. The Hall–Kier alpha value is -2.07. The van der Waals surface area contributed by atoms with E-state index in [4.69, 9.17) is 10.5 Å². The first-order valence-electron chi connectivity index (χ1n) is 7.22. The van der Waals surface area contributed by atoms with Gasteiger partial charge in [0.05, 0.1) is 7.11 Å². The summed E-state index contributed by atoms with van der Waals surface area (Å²) in [5, 5.41) is 0. The summed E-state index contributed by atoms with van der Waals surface area (Å²) in [6.45, 7) is 2.10. The van der Waals surface area contributed by atoms with E-state index in [0.717, 1.165) is 30.1 Å². The molecule has 0 saturated heterocycles. The number of anilines is 2. The summed E-state index contributed by atoms with van der Waals surface area (Å²) in [6, 6.07) is 12.2. The Morgan fingerprint density at radius 1 is 1.29 bits per heavy atom. The van der Waals surface area contributed by atoms with Gasteiger partial charge in [0.15, 0.2) is 0 Å². The largest absolute Gasteiger partial charge is 0.497 e. The zero-order valence-corrected chi connectivity index (χ0v) is 12.9. The Balaban J connectivity index is 2.13. The van der Waals surface area contributed by atoms with Crippen LogP contribution in [0.25, 0.3) is 0 Å². The molecule has 0 saturated carbocycles. The number of rotatable bonds is 6. The first-order chi connectivity index (χ1) is 10.1. The fourth-order valence-electron chi connectivity index (χ4n) is 2.13. The van der Waals surface area contributed by atoms with Crippen molar-refractivity contribution in [2.24, 2.45) is 5.73 Å². The van der Waals surface area contributed by atoms with Crippen molar-refractivity contribution in [3.63, 3.8) is 0 Å². The first-order valence-corrected chi connectivity index (χ1v) is 7.22. The van der Waals surface area contributed by atoms with Crippen LogP contribution >= 0.6 is 0 Å². The second-order valence-electron chi connectivity index (χ2n) is 5.16. The molecule has 1 atom stereocenters. The fourth-order valence-corrected chi connectivity index (χ4v) is 2.13. The summed E-state index contributed by atoms with van der Waals surface area (Å²) in [5.74, 6) is 1.74. The van der Waals surface area contributed by atoms with Gasteiger partial charge in [0, 0.05) is 31.0 Å². The predicted molar refractivity (Wildman–Crippen MR) is 87.3 cm³/mol. The Kier molecular flexibility index (Phi) is 5.17. The van der Waals surface area contributed by atoms with Crippen LogP contribution in [0.5, 0.6) is 5.75 Å². The minimum Gasteiger partial charge on any atom is -0.497 e. The van der Waals surface area contributed by atoms with E-state index in [1.807, 2.05) is 48.5 Å². The number of nitrogens with zero attached hydrogens (tertiary/aromatic N) is 2. The average Bonchev–Trinajstić information content (AvgIpc) is 2.54. The number of hydrogen-bond acceptors (Lipinski definition) is 4. The summed E-state index contributed by atoms with van der Waals surface area (Å²) in [4.78, 5) is 6.56. The van der Waals surface area contributed by atoms with E-state index in [1.54, 1.807) is 7.11 Å². The minimum absolute atomic E-state index is 0.203. The van der Waals surface area contributed by atoms with Crippen LogP contribution in [-0.4, -0.2) is 25.2 Å². The van der Waals surface area contributed by atoms with Crippen molar-refractivity contribution in [3.05, 3.63) is 48.2 Å². The van der Waals surface area contributed by atoms with Crippen LogP contribution in [0.2, 0.25) is 0 Å². The molecule has 0 radical (unpaired) electrons. The van der Waals surface area contributed by atoms with Gasteiger partial charge in [-0.15, -0.1) is 0 Å². The number of benzene rings is 1. The fraction of sp³-hybridized carbons (Fsp3) is 0.353. The van der Waals surface area contributed by atoms with Gasteiger partial charge >= 0.3 is 0 Å². The van der Waals surface area contributed by atoms with Gasteiger partial charge in [0.1, 0.15) is 11.6 Å². The molecule has 0 fully saturated rings. The topological polar surface area (TPSA) is 51.4 Å². The predicted octanol–water partition coefficient (Wildman–Crippen LogP) is 3.14. The number of nitrogens with two attached hydrogens (primary N) is 1. The van der Waals surface area contributed by atoms with E-state index in [2.05, 4.69) is 18.0 Å². The molecule has 4 nitrogen and oxygen atoms in total. The zero-order chi connectivity index (χ0) is 15.2. The quantitative estimate of drug-likeness (QED) is 0.886. The van der Waals surface area contributed by atoms with Gasteiger partial charge in [-0.25, -0.2) is 4.98 Å². The van der Waals surface area contributed by atoms with Gasteiger partial charge < -0.3 is 15.4 Å². The molecule has 1 aromatic carbocycles. The maximum Gasteiger partial charge on any atom is 0.132 e. The van der Waals surface area contributed by atoms with Crippen molar-refractivity contribution in [1.29, 1.82) is 0 Å². The Morgan fingerprint density at radius 2 is 2.10 bits per heavy atom. The van der Waals surface area contributed by atoms with Crippen molar-refractivity contribution in [2.75, 3.05) is 19.1 Å².